The normalized spacial score (nSPS) is 10.7. The number of halogens is 2. The van der Waals surface area contributed by atoms with Gasteiger partial charge in [-0.3, -0.25) is 0 Å². The Kier molecular flexibility index (Phi) is 3.33. The van der Waals surface area contributed by atoms with Gasteiger partial charge in [-0.2, -0.15) is 0 Å². The summed E-state index contributed by atoms with van der Waals surface area (Å²) in [5.74, 6) is -0.846. The van der Waals surface area contributed by atoms with Crippen LogP contribution in [0.5, 0.6) is 0 Å². The van der Waals surface area contributed by atoms with Crippen LogP contribution in [-0.4, -0.2) is 4.57 Å². The van der Waals surface area contributed by atoms with E-state index < -0.39 is 11.6 Å². The fourth-order valence-electron chi connectivity index (χ4n) is 2.21. The Labute approximate surface area is 116 Å². The number of hydrogen-bond donors (Lipinski definition) is 0. The predicted octanol–water partition coefficient (Wildman–Crippen LogP) is 4.48. The number of hydrogen-bond acceptors (Lipinski definition) is 0. The zero-order valence-electron chi connectivity index (χ0n) is 10.8. The minimum Gasteiger partial charge on any atom is -0.349 e. The molecule has 3 rings (SSSR count). The van der Waals surface area contributed by atoms with Crippen LogP contribution < -0.4 is 0 Å². The quantitative estimate of drug-likeness (QED) is 0.660. The Morgan fingerprint density at radius 2 is 1.70 bits per heavy atom. The molecule has 0 bridgehead atoms. The van der Waals surface area contributed by atoms with Gasteiger partial charge in [0.2, 0.25) is 0 Å². The average Bonchev–Trinajstić information content (AvgIpc) is 2.91. The minimum absolute atomic E-state index is 0.289. The van der Waals surface area contributed by atoms with Gasteiger partial charge >= 0.3 is 0 Å². The van der Waals surface area contributed by atoms with Crippen molar-refractivity contribution in [2.75, 3.05) is 0 Å². The molecule has 0 aliphatic rings. The molecule has 0 unspecified atom stereocenters. The third-order valence-electron chi connectivity index (χ3n) is 3.20. The van der Waals surface area contributed by atoms with E-state index in [-0.39, 0.29) is 5.56 Å². The van der Waals surface area contributed by atoms with Crippen LogP contribution in [0.3, 0.4) is 0 Å². The standard InChI is InChI=1S/C17H13F2N/c18-15-6-7-17(19)16(10-15)14-8-9-20(12-14)11-13-4-2-1-3-5-13/h1-10,12H,11H2. The summed E-state index contributed by atoms with van der Waals surface area (Å²) in [5.41, 5.74) is 2.13. The lowest BCUT2D eigenvalue weighted by molar-refractivity contribution is 0.603. The second-order valence-electron chi connectivity index (χ2n) is 4.68. The van der Waals surface area contributed by atoms with Gasteiger partial charge in [0.05, 0.1) is 0 Å². The van der Waals surface area contributed by atoms with Gasteiger partial charge in [-0.15, -0.1) is 0 Å². The maximum atomic E-state index is 13.7. The molecule has 0 radical (unpaired) electrons. The van der Waals surface area contributed by atoms with Crippen molar-refractivity contribution in [2.45, 2.75) is 6.54 Å². The topological polar surface area (TPSA) is 4.93 Å². The average molecular weight is 269 g/mol. The molecule has 0 saturated carbocycles. The van der Waals surface area contributed by atoms with Crippen molar-refractivity contribution >= 4 is 0 Å². The highest BCUT2D eigenvalue weighted by Gasteiger charge is 2.08. The molecule has 1 aromatic heterocycles. The van der Waals surface area contributed by atoms with Crippen molar-refractivity contribution in [3.8, 4) is 11.1 Å². The molecule has 100 valence electrons. The summed E-state index contributed by atoms with van der Waals surface area (Å²) >= 11 is 0. The van der Waals surface area contributed by atoms with E-state index in [9.17, 15) is 8.78 Å². The number of aromatic nitrogens is 1. The van der Waals surface area contributed by atoms with Gasteiger partial charge in [0.1, 0.15) is 11.6 Å². The summed E-state index contributed by atoms with van der Waals surface area (Å²) < 4.78 is 28.9. The lowest BCUT2D eigenvalue weighted by Gasteiger charge is -2.03. The van der Waals surface area contributed by atoms with Gasteiger partial charge in [0.15, 0.2) is 0 Å². The zero-order valence-corrected chi connectivity index (χ0v) is 10.8. The van der Waals surface area contributed by atoms with Crippen molar-refractivity contribution in [3.05, 3.63) is 84.2 Å². The van der Waals surface area contributed by atoms with Gasteiger partial charge in [0.25, 0.3) is 0 Å². The van der Waals surface area contributed by atoms with E-state index in [1.54, 1.807) is 6.07 Å². The Bertz CT molecular complexity index is 717. The molecule has 0 saturated heterocycles. The fourth-order valence-corrected chi connectivity index (χ4v) is 2.21. The van der Waals surface area contributed by atoms with Gasteiger partial charge in [-0.05, 0) is 29.8 Å². The van der Waals surface area contributed by atoms with Crippen molar-refractivity contribution in [2.24, 2.45) is 0 Å². The van der Waals surface area contributed by atoms with Crippen LogP contribution >= 0.6 is 0 Å². The molecule has 0 atom stereocenters. The molecule has 0 N–H and O–H groups in total. The zero-order chi connectivity index (χ0) is 13.9. The minimum atomic E-state index is -0.433. The molecule has 1 heterocycles. The third-order valence-corrected chi connectivity index (χ3v) is 3.20. The van der Waals surface area contributed by atoms with E-state index >= 15 is 0 Å². The monoisotopic (exact) mass is 269 g/mol. The molecule has 1 nitrogen and oxygen atoms in total. The second-order valence-corrected chi connectivity index (χ2v) is 4.68. The van der Waals surface area contributed by atoms with E-state index in [2.05, 4.69) is 0 Å². The highest BCUT2D eigenvalue weighted by Crippen LogP contribution is 2.24. The van der Waals surface area contributed by atoms with Crippen molar-refractivity contribution in [3.63, 3.8) is 0 Å². The molecule has 0 aliphatic heterocycles. The summed E-state index contributed by atoms with van der Waals surface area (Å²) in [7, 11) is 0. The van der Waals surface area contributed by atoms with Crippen molar-refractivity contribution in [1.82, 2.24) is 4.57 Å². The molecule has 0 spiro atoms. The molecule has 0 fully saturated rings. The maximum Gasteiger partial charge on any atom is 0.131 e. The smallest absolute Gasteiger partial charge is 0.131 e. The second kappa shape index (κ2) is 5.29. The van der Waals surface area contributed by atoms with Gasteiger partial charge in [-0.1, -0.05) is 30.3 Å². The van der Waals surface area contributed by atoms with Crippen LogP contribution in [0.15, 0.2) is 67.0 Å². The summed E-state index contributed by atoms with van der Waals surface area (Å²) in [6.07, 6.45) is 3.69. The number of nitrogens with zero attached hydrogens (tertiary/aromatic N) is 1. The van der Waals surface area contributed by atoms with E-state index in [4.69, 9.17) is 0 Å². The van der Waals surface area contributed by atoms with Gasteiger partial charge in [0, 0.05) is 30.1 Å². The highest BCUT2D eigenvalue weighted by molar-refractivity contribution is 5.63. The summed E-state index contributed by atoms with van der Waals surface area (Å²) in [6.45, 7) is 0.706. The number of benzene rings is 2. The molecular weight excluding hydrogens is 256 g/mol. The fraction of sp³-hybridized carbons (Fsp3) is 0.0588. The van der Waals surface area contributed by atoms with Crippen LogP contribution in [0.4, 0.5) is 8.78 Å². The molecular formula is C17H13F2N. The van der Waals surface area contributed by atoms with E-state index in [0.717, 1.165) is 17.7 Å². The molecule has 0 amide bonds. The van der Waals surface area contributed by atoms with Crippen molar-refractivity contribution in [1.29, 1.82) is 0 Å². The molecule has 3 aromatic rings. The Hall–Kier alpha value is -2.42. The van der Waals surface area contributed by atoms with E-state index in [0.29, 0.717) is 12.1 Å². The third kappa shape index (κ3) is 2.62. The Morgan fingerprint density at radius 3 is 2.50 bits per heavy atom. The first-order valence-corrected chi connectivity index (χ1v) is 6.37. The summed E-state index contributed by atoms with van der Waals surface area (Å²) in [4.78, 5) is 0. The van der Waals surface area contributed by atoms with Crippen LogP contribution in [0.1, 0.15) is 5.56 Å². The Morgan fingerprint density at radius 1 is 0.900 bits per heavy atom. The SMILES string of the molecule is Fc1ccc(F)c(-c2ccn(Cc3ccccc3)c2)c1. The van der Waals surface area contributed by atoms with Crippen LogP contribution in [0, 0.1) is 11.6 Å². The molecule has 0 aliphatic carbocycles. The highest BCUT2D eigenvalue weighted by atomic mass is 19.1. The first kappa shape index (κ1) is 12.6. The summed E-state index contributed by atoms with van der Waals surface area (Å²) in [6, 6.07) is 15.3. The molecule has 2 aromatic carbocycles. The maximum absolute atomic E-state index is 13.7. The van der Waals surface area contributed by atoms with Gasteiger partial charge < -0.3 is 4.57 Å². The largest absolute Gasteiger partial charge is 0.349 e. The van der Waals surface area contributed by atoms with Crippen LogP contribution in [-0.2, 0) is 6.54 Å². The molecule has 3 heteroatoms. The molecule has 20 heavy (non-hydrogen) atoms. The van der Waals surface area contributed by atoms with Crippen LogP contribution in [0.25, 0.3) is 11.1 Å². The van der Waals surface area contributed by atoms with Gasteiger partial charge in [-0.25, -0.2) is 8.78 Å². The number of rotatable bonds is 3. The Balaban J connectivity index is 1.88. The van der Waals surface area contributed by atoms with E-state index in [1.165, 1.54) is 6.07 Å². The van der Waals surface area contributed by atoms with E-state index in [1.807, 2.05) is 47.3 Å². The van der Waals surface area contributed by atoms with Crippen LogP contribution in [0.2, 0.25) is 0 Å². The lowest BCUT2D eigenvalue weighted by atomic mass is 10.1. The summed E-state index contributed by atoms with van der Waals surface area (Å²) in [5, 5.41) is 0. The first-order chi connectivity index (χ1) is 9.72. The predicted molar refractivity (Wildman–Crippen MR) is 75.3 cm³/mol. The first-order valence-electron chi connectivity index (χ1n) is 6.37. The van der Waals surface area contributed by atoms with Crippen molar-refractivity contribution < 1.29 is 8.78 Å². The lowest BCUT2D eigenvalue weighted by Crippen LogP contribution is -1.95.